The van der Waals surface area contributed by atoms with Gasteiger partial charge in [0.15, 0.2) is 0 Å². The lowest BCUT2D eigenvalue weighted by atomic mass is 10.2. The predicted octanol–water partition coefficient (Wildman–Crippen LogP) is 1.51. The highest BCUT2D eigenvalue weighted by atomic mass is 16.5. The van der Waals surface area contributed by atoms with Crippen LogP contribution in [0.4, 0.5) is 0 Å². The molecule has 1 saturated heterocycles. The van der Waals surface area contributed by atoms with Crippen LogP contribution >= 0.6 is 0 Å². The Morgan fingerprint density at radius 3 is 2.82 bits per heavy atom. The van der Waals surface area contributed by atoms with E-state index in [2.05, 4.69) is 18.7 Å². The summed E-state index contributed by atoms with van der Waals surface area (Å²) in [6, 6.07) is 1.36. The SMILES string of the molecule is COCC1CCCN1C(C)C. The van der Waals surface area contributed by atoms with E-state index in [0.717, 1.165) is 6.61 Å². The monoisotopic (exact) mass is 157 g/mol. The van der Waals surface area contributed by atoms with Crippen molar-refractivity contribution in [3.8, 4) is 0 Å². The summed E-state index contributed by atoms with van der Waals surface area (Å²) in [6.45, 7) is 6.67. The fourth-order valence-corrected chi connectivity index (χ4v) is 1.91. The van der Waals surface area contributed by atoms with Crippen LogP contribution < -0.4 is 0 Å². The van der Waals surface area contributed by atoms with E-state index >= 15 is 0 Å². The van der Waals surface area contributed by atoms with Crippen molar-refractivity contribution in [2.75, 3.05) is 20.3 Å². The molecule has 0 radical (unpaired) electrons. The van der Waals surface area contributed by atoms with Crippen LogP contribution in [0.2, 0.25) is 0 Å². The van der Waals surface area contributed by atoms with Crippen LogP contribution in [0.15, 0.2) is 0 Å². The molecule has 0 aromatic carbocycles. The molecule has 2 heteroatoms. The first kappa shape index (κ1) is 9.01. The molecular weight excluding hydrogens is 138 g/mol. The smallest absolute Gasteiger partial charge is 0.0618 e. The Morgan fingerprint density at radius 2 is 2.27 bits per heavy atom. The number of methoxy groups -OCH3 is 1. The van der Waals surface area contributed by atoms with Crippen molar-refractivity contribution in [3.05, 3.63) is 0 Å². The molecule has 0 aromatic heterocycles. The number of nitrogens with zero attached hydrogens (tertiary/aromatic N) is 1. The van der Waals surface area contributed by atoms with E-state index < -0.39 is 0 Å². The number of rotatable bonds is 3. The molecule has 0 aliphatic carbocycles. The molecule has 1 rings (SSSR count). The number of likely N-dealkylation sites (tertiary alicyclic amines) is 1. The lowest BCUT2D eigenvalue weighted by Crippen LogP contribution is -2.37. The van der Waals surface area contributed by atoms with Gasteiger partial charge in [0.1, 0.15) is 0 Å². The molecule has 0 aromatic rings. The maximum atomic E-state index is 5.16. The zero-order valence-corrected chi connectivity index (χ0v) is 7.84. The van der Waals surface area contributed by atoms with Gasteiger partial charge in [-0.2, -0.15) is 0 Å². The fourth-order valence-electron chi connectivity index (χ4n) is 1.91. The van der Waals surface area contributed by atoms with Crippen molar-refractivity contribution >= 4 is 0 Å². The van der Waals surface area contributed by atoms with E-state index in [1.807, 2.05) is 0 Å². The quantitative estimate of drug-likeness (QED) is 0.615. The maximum absolute atomic E-state index is 5.16. The van der Waals surface area contributed by atoms with Crippen LogP contribution in [-0.2, 0) is 4.74 Å². The predicted molar refractivity (Wildman–Crippen MR) is 46.7 cm³/mol. The third kappa shape index (κ3) is 2.17. The largest absolute Gasteiger partial charge is 0.383 e. The molecule has 11 heavy (non-hydrogen) atoms. The van der Waals surface area contributed by atoms with Crippen molar-refractivity contribution < 1.29 is 4.74 Å². The molecule has 2 nitrogen and oxygen atoms in total. The number of ether oxygens (including phenoxy) is 1. The summed E-state index contributed by atoms with van der Waals surface area (Å²) in [7, 11) is 1.79. The summed E-state index contributed by atoms with van der Waals surface area (Å²) in [6.07, 6.45) is 2.65. The lowest BCUT2D eigenvalue weighted by Gasteiger charge is -2.27. The van der Waals surface area contributed by atoms with E-state index in [1.54, 1.807) is 7.11 Å². The first-order valence-electron chi connectivity index (χ1n) is 4.50. The first-order chi connectivity index (χ1) is 5.25. The Bertz CT molecular complexity index is 114. The Balaban J connectivity index is 2.37. The van der Waals surface area contributed by atoms with Gasteiger partial charge in [-0.05, 0) is 33.2 Å². The standard InChI is InChI=1S/C9H19NO/c1-8(2)10-6-4-5-9(10)7-11-3/h8-9H,4-7H2,1-3H3. The maximum Gasteiger partial charge on any atom is 0.0618 e. The minimum absolute atomic E-state index is 0.678. The van der Waals surface area contributed by atoms with Crippen LogP contribution in [0.25, 0.3) is 0 Å². The highest BCUT2D eigenvalue weighted by Crippen LogP contribution is 2.19. The minimum atomic E-state index is 0.678. The topological polar surface area (TPSA) is 12.5 Å². The molecule has 0 N–H and O–H groups in total. The molecule has 0 saturated carbocycles. The molecule has 0 spiro atoms. The molecular formula is C9H19NO. The third-order valence-corrected chi connectivity index (χ3v) is 2.45. The Hall–Kier alpha value is -0.0800. The average Bonchev–Trinajstić information content (AvgIpc) is 2.36. The van der Waals surface area contributed by atoms with Gasteiger partial charge in [-0.1, -0.05) is 0 Å². The first-order valence-corrected chi connectivity index (χ1v) is 4.50. The molecule has 1 aliphatic heterocycles. The van der Waals surface area contributed by atoms with E-state index in [0.29, 0.717) is 12.1 Å². The van der Waals surface area contributed by atoms with Gasteiger partial charge in [0.25, 0.3) is 0 Å². The molecule has 0 amide bonds. The zero-order chi connectivity index (χ0) is 8.27. The summed E-state index contributed by atoms with van der Waals surface area (Å²) in [5.41, 5.74) is 0. The molecule has 1 heterocycles. The second-order valence-corrected chi connectivity index (χ2v) is 3.58. The Kier molecular flexibility index (Phi) is 3.34. The second-order valence-electron chi connectivity index (χ2n) is 3.58. The summed E-state index contributed by atoms with van der Waals surface area (Å²) >= 11 is 0. The minimum Gasteiger partial charge on any atom is -0.383 e. The summed E-state index contributed by atoms with van der Waals surface area (Å²) < 4.78 is 5.16. The molecule has 1 atom stereocenters. The Morgan fingerprint density at radius 1 is 1.55 bits per heavy atom. The average molecular weight is 157 g/mol. The van der Waals surface area contributed by atoms with Crippen molar-refractivity contribution in [3.63, 3.8) is 0 Å². The number of hydrogen-bond acceptors (Lipinski definition) is 2. The van der Waals surface area contributed by atoms with Gasteiger partial charge in [0.05, 0.1) is 6.61 Å². The van der Waals surface area contributed by atoms with E-state index in [1.165, 1.54) is 19.4 Å². The normalized spacial score (nSPS) is 26.7. The molecule has 0 bridgehead atoms. The van der Waals surface area contributed by atoms with Crippen LogP contribution in [0.3, 0.4) is 0 Å². The van der Waals surface area contributed by atoms with Gasteiger partial charge in [-0.25, -0.2) is 0 Å². The van der Waals surface area contributed by atoms with Gasteiger partial charge in [0.2, 0.25) is 0 Å². The van der Waals surface area contributed by atoms with Gasteiger partial charge >= 0.3 is 0 Å². The summed E-state index contributed by atoms with van der Waals surface area (Å²) in [5.74, 6) is 0. The second kappa shape index (κ2) is 4.07. The van der Waals surface area contributed by atoms with Gasteiger partial charge in [-0.15, -0.1) is 0 Å². The third-order valence-electron chi connectivity index (χ3n) is 2.45. The Labute approximate surface area is 69.5 Å². The molecule has 1 fully saturated rings. The molecule has 1 aliphatic rings. The van der Waals surface area contributed by atoms with Crippen LogP contribution in [0.5, 0.6) is 0 Å². The van der Waals surface area contributed by atoms with Crippen LogP contribution in [-0.4, -0.2) is 37.2 Å². The zero-order valence-electron chi connectivity index (χ0n) is 7.84. The lowest BCUT2D eigenvalue weighted by molar-refractivity contribution is 0.0984. The summed E-state index contributed by atoms with van der Waals surface area (Å²) in [5, 5.41) is 0. The summed E-state index contributed by atoms with van der Waals surface area (Å²) in [4.78, 5) is 2.53. The van der Waals surface area contributed by atoms with Crippen molar-refractivity contribution in [2.45, 2.75) is 38.8 Å². The van der Waals surface area contributed by atoms with Gasteiger partial charge < -0.3 is 4.74 Å². The van der Waals surface area contributed by atoms with Crippen LogP contribution in [0, 0.1) is 0 Å². The van der Waals surface area contributed by atoms with Gasteiger partial charge in [-0.3, -0.25) is 4.90 Å². The van der Waals surface area contributed by atoms with Crippen molar-refractivity contribution in [2.24, 2.45) is 0 Å². The van der Waals surface area contributed by atoms with E-state index in [4.69, 9.17) is 4.74 Å². The van der Waals surface area contributed by atoms with Gasteiger partial charge in [0, 0.05) is 19.2 Å². The highest BCUT2D eigenvalue weighted by Gasteiger charge is 2.25. The van der Waals surface area contributed by atoms with Crippen molar-refractivity contribution in [1.82, 2.24) is 4.90 Å². The van der Waals surface area contributed by atoms with Crippen molar-refractivity contribution in [1.29, 1.82) is 0 Å². The van der Waals surface area contributed by atoms with E-state index in [9.17, 15) is 0 Å². The molecule has 66 valence electrons. The highest BCUT2D eigenvalue weighted by molar-refractivity contribution is 4.80. The van der Waals surface area contributed by atoms with E-state index in [-0.39, 0.29) is 0 Å². The fraction of sp³-hybridized carbons (Fsp3) is 1.00. The van der Waals surface area contributed by atoms with Crippen LogP contribution in [0.1, 0.15) is 26.7 Å². The molecule has 1 unspecified atom stereocenters. The number of hydrogen-bond donors (Lipinski definition) is 0.